The lowest BCUT2D eigenvalue weighted by molar-refractivity contribution is 0.000847. The van der Waals surface area contributed by atoms with Gasteiger partial charge < -0.3 is 19.9 Å². The van der Waals surface area contributed by atoms with E-state index in [1.54, 1.807) is 22.3 Å². The lowest BCUT2D eigenvalue weighted by Crippen LogP contribution is -2.53. The summed E-state index contributed by atoms with van der Waals surface area (Å²) in [5.74, 6) is 0.220. The van der Waals surface area contributed by atoms with Crippen molar-refractivity contribution in [1.29, 1.82) is 0 Å². The van der Waals surface area contributed by atoms with Gasteiger partial charge in [0.05, 0.1) is 11.4 Å². The second-order valence-electron chi connectivity index (χ2n) is 10.3. The van der Waals surface area contributed by atoms with E-state index in [-0.39, 0.29) is 23.5 Å². The topological polar surface area (TPSA) is 87.3 Å². The number of H-pyrrole nitrogens is 1. The molecule has 1 fully saturated rings. The van der Waals surface area contributed by atoms with Crippen LogP contribution in [0.15, 0.2) is 64.9 Å². The second kappa shape index (κ2) is 10.2. The summed E-state index contributed by atoms with van der Waals surface area (Å²) in [6.45, 7) is 7.48. The molecule has 1 aliphatic heterocycles. The zero-order valence-corrected chi connectivity index (χ0v) is 22.5. The van der Waals surface area contributed by atoms with Crippen LogP contribution in [-0.2, 0) is 4.74 Å². The molecule has 0 aliphatic carbocycles. The monoisotopic (exact) mass is 536 g/mol. The van der Waals surface area contributed by atoms with Crippen LogP contribution >= 0.6 is 22.9 Å². The summed E-state index contributed by atoms with van der Waals surface area (Å²) in [7, 11) is 0. The van der Waals surface area contributed by atoms with Crippen molar-refractivity contribution in [3.05, 3.63) is 91.6 Å². The van der Waals surface area contributed by atoms with Gasteiger partial charge in [-0.3, -0.25) is 4.79 Å². The van der Waals surface area contributed by atoms with E-state index in [1.165, 1.54) is 0 Å². The van der Waals surface area contributed by atoms with Gasteiger partial charge in [-0.05, 0) is 56.2 Å². The predicted octanol–water partition coefficient (Wildman–Crippen LogP) is 6.10. The first kappa shape index (κ1) is 25.3. The molecule has 2 N–H and O–H groups in total. The van der Waals surface area contributed by atoms with E-state index in [1.807, 2.05) is 68.7 Å². The molecule has 1 atom stereocenters. The number of fused-ring (bicyclic) bond motifs is 1. The average molecular weight is 537 g/mol. The lowest BCUT2D eigenvalue weighted by atomic mass is 9.90. The van der Waals surface area contributed by atoms with E-state index < -0.39 is 5.60 Å². The number of carbonyl (C=O) groups excluding carboxylic acids is 1. The van der Waals surface area contributed by atoms with Crippen LogP contribution in [0.2, 0.25) is 5.02 Å². The minimum absolute atomic E-state index is 0.0598. The number of nitrogens with zero attached hydrogens (tertiary/aromatic N) is 2. The molecule has 1 saturated heterocycles. The molecule has 5 rings (SSSR count). The number of hydrogen-bond acceptors (Lipinski definition) is 6. The molecule has 1 unspecified atom stereocenters. The number of ether oxygens (including phenoxy) is 1. The molecule has 0 radical (unpaired) electrons. The lowest BCUT2D eigenvalue weighted by Gasteiger charge is -2.40. The second-order valence-corrected chi connectivity index (χ2v) is 11.7. The van der Waals surface area contributed by atoms with Crippen molar-refractivity contribution in [2.75, 3.05) is 25.0 Å². The van der Waals surface area contributed by atoms with E-state index in [0.29, 0.717) is 24.7 Å². The Kier molecular flexibility index (Phi) is 6.96. The van der Waals surface area contributed by atoms with Crippen molar-refractivity contribution in [3.8, 4) is 0 Å². The smallest absolute Gasteiger partial charge is 0.410 e. The van der Waals surface area contributed by atoms with Crippen LogP contribution < -0.4 is 10.9 Å². The number of thiazole rings is 1. The van der Waals surface area contributed by atoms with E-state index in [9.17, 15) is 9.59 Å². The van der Waals surface area contributed by atoms with Crippen LogP contribution in [-0.4, -0.2) is 46.2 Å². The molecule has 0 saturated carbocycles. The molecule has 192 valence electrons. The highest BCUT2D eigenvalue weighted by Crippen LogP contribution is 2.36. The highest BCUT2D eigenvalue weighted by atomic mass is 35.5. The van der Waals surface area contributed by atoms with Gasteiger partial charge in [0, 0.05) is 59.3 Å². The average Bonchev–Trinajstić information content (AvgIpc) is 3.32. The minimum atomic E-state index is -0.509. The molecule has 1 amide bonds. The number of pyridine rings is 1. The summed E-state index contributed by atoms with van der Waals surface area (Å²) in [6.07, 6.45) is 1.53. The van der Waals surface area contributed by atoms with Crippen LogP contribution in [0.4, 0.5) is 10.5 Å². The van der Waals surface area contributed by atoms with Gasteiger partial charge in [0.1, 0.15) is 10.6 Å². The zero-order valence-electron chi connectivity index (χ0n) is 21.0. The molecule has 9 heteroatoms. The number of halogens is 1. The molecular formula is C28H29ClN4O3S. The Hall–Kier alpha value is -3.36. The number of aromatic nitrogens is 2. The third kappa shape index (κ3) is 5.81. The van der Waals surface area contributed by atoms with E-state index in [0.717, 1.165) is 32.7 Å². The van der Waals surface area contributed by atoms with Gasteiger partial charge in [0.15, 0.2) is 0 Å². The zero-order chi connectivity index (χ0) is 26.2. The van der Waals surface area contributed by atoms with Crippen molar-refractivity contribution in [2.24, 2.45) is 5.92 Å². The molecule has 37 heavy (non-hydrogen) atoms. The Morgan fingerprint density at radius 1 is 1.19 bits per heavy atom. The number of anilines is 1. The summed E-state index contributed by atoms with van der Waals surface area (Å²) in [6, 6.07) is 15.5. The highest BCUT2D eigenvalue weighted by molar-refractivity contribution is 7.09. The Morgan fingerprint density at radius 2 is 1.92 bits per heavy atom. The maximum atomic E-state index is 12.4. The summed E-state index contributed by atoms with van der Waals surface area (Å²) in [4.78, 5) is 33.9. The van der Waals surface area contributed by atoms with Gasteiger partial charge in [-0.2, -0.15) is 0 Å². The Morgan fingerprint density at radius 3 is 2.59 bits per heavy atom. The minimum Gasteiger partial charge on any atom is -0.444 e. The van der Waals surface area contributed by atoms with E-state index in [4.69, 9.17) is 16.3 Å². The quantitative estimate of drug-likeness (QED) is 0.311. The van der Waals surface area contributed by atoms with Gasteiger partial charge in [-0.25, -0.2) is 9.78 Å². The number of carbonyl (C=O) groups is 1. The number of benzene rings is 2. The molecule has 1 aliphatic rings. The van der Waals surface area contributed by atoms with Crippen molar-refractivity contribution in [2.45, 2.75) is 32.3 Å². The van der Waals surface area contributed by atoms with Crippen LogP contribution in [0, 0.1) is 5.92 Å². The maximum Gasteiger partial charge on any atom is 0.410 e. The normalized spacial score (nSPS) is 14.9. The third-order valence-electron chi connectivity index (χ3n) is 6.29. The highest BCUT2D eigenvalue weighted by Gasteiger charge is 2.33. The van der Waals surface area contributed by atoms with Crippen molar-refractivity contribution in [1.82, 2.24) is 14.9 Å². The SMILES string of the molecule is CC(C)(C)OC(=O)N1CC(CNc2cc(=O)[nH]c3ccc(C(c4ccc(Cl)cc4)c4nccs4)cc23)C1. The molecular weight excluding hydrogens is 508 g/mol. The summed E-state index contributed by atoms with van der Waals surface area (Å²) in [5, 5.41) is 8.03. The van der Waals surface area contributed by atoms with Gasteiger partial charge in [-0.1, -0.05) is 29.8 Å². The summed E-state index contributed by atoms with van der Waals surface area (Å²) >= 11 is 7.76. The van der Waals surface area contributed by atoms with Crippen LogP contribution in [0.5, 0.6) is 0 Å². The largest absolute Gasteiger partial charge is 0.444 e. The molecule has 7 nitrogen and oxygen atoms in total. The molecule has 3 heterocycles. The fourth-order valence-corrected chi connectivity index (χ4v) is 5.45. The van der Waals surface area contributed by atoms with Crippen LogP contribution in [0.25, 0.3) is 10.9 Å². The van der Waals surface area contributed by atoms with Crippen LogP contribution in [0.1, 0.15) is 42.8 Å². The third-order valence-corrected chi connectivity index (χ3v) is 7.38. The number of rotatable bonds is 6. The summed E-state index contributed by atoms with van der Waals surface area (Å²) in [5.41, 5.74) is 3.02. The standard InChI is InChI=1S/C28H29ClN4O3S/c1-28(2,3)36-27(35)33-15-17(16-33)14-31-23-13-24(34)32-22-9-6-19(12-21(22)23)25(26-30-10-11-37-26)18-4-7-20(29)8-5-18/h4-13,17,25H,14-16H2,1-3H3,(H2,31,32,34). The Balaban J connectivity index is 1.39. The van der Waals surface area contributed by atoms with E-state index in [2.05, 4.69) is 21.4 Å². The van der Waals surface area contributed by atoms with E-state index >= 15 is 0 Å². The molecule has 2 aromatic heterocycles. The molecule has 0 spiro atoms. The number of aromatic amines is 1. The summed E-state index contributed by atoms with van der Waals surface area (Å²) < 4.78 is 5.44. The van der Waals surface area contributed by atoms with Crippen LogP contribution in [0.3, 0.4) is 0 Å². The van der Waals surface area contributed by atoms with Gasteiger partial charge in [0.25, 0.3) is 0 Å². The van der Waals surface area contributed by atoms with Crippen molar-refractivity contribution in [3.63, 3.8) is 0 Å². The fourth-order valence-electron chi connectivity index (χ4n) is 4.54. The number of nitrogens with one attached hydrogen (secondary N) is 2. The fraction of sp³-hybridized carbons (Fsp3) is 0.321. The number of amides is 1. The van der Waals surface area contributed by atoms with Gasteiger partial charge >= 0.3 is 6.09 Å². The molecule has 2 aromatic carbocycles. The number of hydrogen-bond donors (Lipinski definition) is 2. The van der Waals surface area contributed by atoms with Gasteiger partial charge in [-0.15, -0.1) is 11.3 Å². The number of likely N-dealkylation sites (tertiary alicyclic amines) is 1. The first-order valence-electron chi connectivity index (χ1n) is 12.2. The van der Waals surface area contributed by atoms with Crippen molar-refractivity contribution >= 4 is 45.6 Å². The van der Waals surface area contributed by atoms with Gasteiger partial charge in [0.2, 0.25) is 5.56 Å². The first-order chi connectivity index (χ1) is 17.7. The maximum absolute atomic E-state index is 12.4. The Labute approximate surface area is 224 Å². The molecule has 4 aromatic rings. The Bertz CT molecular complexity index is 1460. The first-order valence-corrected chi connectivity index (χ1v) is 13.5. The predicted molar refractivity (Wildman–Crippen MR) is 149 cm³/mol. The van der Waals surface area contributed by atoms with Crippen molar-refractivity contribution < 1.29 is 9.53 Å². The molecule has 0 bridgehead atoms.